The van der Waals surface area contributed by atoms with Crippen LogP contribution in [0.4, 0.5) is 0 Å². The van der Waals surface area contributed by atoms with E-state index >= 15 is 0 Å². The van der Waals surface area contributed by atoms with Gasteiger partial charge in [0.25, 0.3) is 0 Å². The quantitative estimate of drug-likeness (QED) is 0.722. The molecular formula is C9H7BrN2. The van der Waals surface area contributed by atoms with Crippen molar-refractivity contribution in [2.75, 3.05) is 0 Å². The van der Waals surface area contributed by atoms with Gasteiger partial charge in [0, 0.05) is 11.8 Å². The molecule has 0 spiro atoms. The first-order chi connectivity index (χ1) is 5.84. The van der Waals surface area contributed by atoms with Crippen molar-refractivity contribution in [2.24, 2.45) is 0 Å². The molecule has 0 aromatic carbocycles. The Morgan fingerprint density at radius 2 is 2.50 bits per heavy atom. The summed E-state index contributed by atoms with van der Waals surface area (Å²) in [5.74, 6) is 0. The molecule has 3 heteroatoms. The maximum Gasteiger partial charge on any atom is 0.113 e. The average Bonchev–Trinajstić information content (AvgIpc) is 2.09. The van der Waals surface area contributed by atoms with E-state index in [1.54, 1.807) is 6.20 Å². The van der Waals surface area contributed by atoms with Crippen LogP contribution in [0.5, 0.6) is 0 Å². The zero-order valence-electron chi connectivity index (χ0n) is 6.37. The van der Waals surface area contributed by atoms with Gasteiger partial charge in [0.05, 0.1) is 12.5 Å². The molecule has 0 amide bonds. The first-order valence-corrected chi connectivity index (χ1v) is 4.28. The van der Waals surface area contributed by atoms with E-state index in [9.17, 15) is 0 Å². The Balaban J connectivity index is 2.77. The predicted octanol–water partition coefficient (Wildman–Crippen LogP) is 2.77. The van der Waals surface area contributed by atoms with Gasteiger partial charge in [-0.3, -0.25) is 0 Å². The van der Waals surface area contributed by atoms with Crippen molar-refractivity contribution in [3.63, 3.8) is 0 Å². The van der Waals surface area contributed by atoms with Crippen LogP contribution in [0, 0.1) is 11.3 Å². The van der Waals surface area contributed by atoms with Crippen molar-refractivity contribution in [3.05, 3.63) is 34.6 Å². The fraction of sp³-hybridized carbons (Fsp3) is 0.111. The lowest BCUT2D eigenvalue weighted by atomic mass is 10.2. The third-order valence-corrected chi connectivity index (χ3v) is 1.96. The van der Waals surface area contributed by atoms with Crippen LogP contribution in [0.3, 0.4) is 0 Å². The highest BCUT2D eigenvalue weighted by atomic mass is 79.9. The Morgan fingerprint density at radius 1 is 1.67 bits per heavy atom. The maximum absolute atomic E-state index is 8.28. The molecule has 0 atom stereocenters. The summed E-state index contributed by atoms with van der Waals surface area (Å²) in [5, 5.41) is 8.28. The van der Waals surface area contributed by atoms with Crippen LogP contribution >= 0.6 is 15.9 Å². The molecule has 1 heterocycles. The number of hydrogen-bond donors (Lipinski definition) is 0. The minimum atomic E-state index is 0.432. The molecule has 2 nitrogen and oxygen atoms in total. The van der Waals surface area contributed by atoms with Gasteiger partial charge in [0.2, 0.25) is 0 Å². The molecule has 0 N–H and O–H groups in total. The summed E-state index contributed by atoms with van der Waals surface area (Å²) >= 11 is 3.30. The van der Waals surface area contributed by atoms with Gasteiger partial charge in [-0.15, -0.1) is 0 Å². The summed E-state index contributed by atoms with van der Waals surface area (Å²) < 4.78 is 0.805. The van der Waals surface area contributed by atoms with Crippen LogP contribution in [0.1, 0.15) is 12.0 Å². The molecule has 0 fully saturated rings. The molecule has 1 aromatic rings. The topological polar surface area (TPSA) is 36.7 Å². The normalized spacial score (nSPS) is 10.0. The second-order valence-electron chi connectivity index (χ2n) is 2.15. The minimum Gasteiger partial charge on any atom is -0.249 e. The monoisotopic (exact) mass is 222 g/mol. The fourth-order valence-electron chi connectivity index (χ4n) is 0.761. The molecule has 0 bridgehead atoms. The van der Waals surface area contributed by atoms with Crippen molar-refractivity contribution in [1.82, 2.24) is 4.98 Å². The Hall–Kier alpha value is -1.14. The van der Waals surface area contributed by atoms with E-state index in [0.29, 0.717) is 6.42 Å². The number of hydrogen-bond acceptors (Lipinski definition) is 2. The van der Waals surface area contributed by atoms with Gasteiger partial charge in [-0.1, -0.05) is 18.2 Å². The van der Waals surface area contributed by atoms with Crippen molar-refractivity contribution in [1.29, 1.82) is 5.26 Å². The van der Waals surface area contributed by atoms with E-state index < -0.39 is 0 Å². The largest absolute Gasteiger partial charge is 0.249 e. The highest BCUT2D eigenvalue weighted by molar-refractivity contribution is 9.10. The van der Waals surface area contributed by atoms with Crippen molar-refractivity contribution >= 4 is 22.0 Å². The summed E-state index contributed by atoms with van der Waals surface area (Å²) in [5.41, 5.74) is 0.993. The van der Waals surface area contributed by atoms with E-state index in [2.05, 4.69) is 20.9 Å². The number of pyridine rings is 1. The van der Waals surface area contributed by atoms with Crippen LogP contribution in [0.15, 0.2) is 29.0 Å². The standard InChI is InChI=1S/C9H7BrN2/c10-9-8(4-1-2-6-11)5-3-7-12-9/h1,3-5,7H,2H2. The molecule has 0 saturated carbocycles. The van der Waals surface area contributed by atoms with Crippen LogP contribution < -0.4 is 0 Å². The predicted molar refractivity (Wildman–Crippen MR) is 51.2 cm³/mol. The van der Waals surface area contributed by atoms with E-state index in [1.165, 1.54) is 0 Å². The van der Waals surface area contributed by atoms with Crippen LogP contribution in [0.25, 0.3) is 6.08 Å². The van der Waals surface area contributed by atoms with E-state index in [-0.39, 0.29) is 0 Å². The van der Waals surface area contributed by atoms with E-state index in [1.807, 2.05) is 30.4 Å². The van der Waals surface area contributed by atoms with E-state index in [0.717, 1.165) is 10.2 Å². The Morgan fingerprint density at radius 3 is 3.17 bits per heavy atom. The molecule has 12 heavy (non-hydrogen) atoms. The number of rotatable bonds is 2. The molecule has 60 valence electrons. The number of halogens is 1. The summed E-state index contributed by atoms with van der Waals surface area (Å²) in [7, 11) is 0. The van der Waals surface area contributed by atoms with Gasteiger partial charge in [0.1, 0.15) is 4.60 Å². The van der Waals surface area contributed by atoms with Gasteiger partial charge in [0.15, 0.2) is 0 Å². The summed E-state index contributed by atoms with van der Waals surface area (Å²) in [6.45, 7) is 0. The van der Waals surface area contributed by atoms with Crippen LogP contribution in [0.2, 0.25) is 0 Å². The van der Waals surface area contributed by atoms with Gasteiger partial charge in [-0.25, -0.2) is 4.98 Å². The van der Waals surface area contributed by atoms with Gasteiger partial charge < -0.3 is 0 Å². The number of nitriles is 1. The SMILES string of the molecule is N#CCC=Cc1cccnc1Br. The highest BCUT2D eigenvalue weighted by Gasteiger charge is 1.92. The highest BCUT2D eigenvalue weighted by Crippen LogP contribution is 2.13. The molecule has 1 rings (SSSR count). The fourth-order valence-corrected chi connectivity index (χ4v) is 1.14. The molecule has 0 radical (unpaired) electrons. The minimum absolute atomic E-state index is 0.432. The number of allylic oxidation sites excluding steroid dienone is 1. The molecule has 0 aliphatic carbocycles. The lowest BCUT2D eigenvalue weighted by Crippen LogP contribution is -1.78. The first kappa shape index (κ1) is 8.95. The molecular weight excluding hydrogens is 216 g/mol. The van der Waals surface area contributed by atoms with Gasteiger partial charge in [-0.2, -0.15) is 5.26 Å². The van der Waals surface area contributed by atoms with E-state index in [4.69, 9.17) is 5.26 Å². The second kappa shape index (κ2) is 4.68. The number of aromatic nitrogens is 1. The molecule has 0 unspecified atom stereocenters. The Labute approximate surface area is 79.7 Å². The third-order valence-electron chi connectivity index (χ3n) is 1.29. The molecule has 0 aliphatic heterocycles. The Kier molecular flexibility index (Phi) is 3.49. The third kappa shape index (κ3) is 2.48. The first-order valence-electron chi connectivity index (χ1n) is 3.48. The van der Waals surface area contributed by atoms with Crippen molar-refractivity contribution < 1.29 is 0 Å². The van der Waals surface area contributed by atoms with Crippen molar-refractivity contribution in [2.45, 2.75) is 6.42 Å². The smallest absolute Gasteiger partial charge is 0.113 e. The lowest BCUT2D eigenvalue weighted by molar-refractivity contribution is 1.26. The maximum atomic E-state index is 8.28. The summed E-state index contributed by atoms with van der Waals surface area (Å²) in [4.78, 5) is 4.04. The summed E-state index contributed by atoms with van der Waals surface area (Å²) in [6, 6.07) is 5.83. The molecule has 0 aliphatic rings. The van der Waals surface area contributed by atoms with Crippen molar-refractivity contribution in [3.8, 4) is 6.07 Å². The second-order valence-corrected chi connectivity index (χ2v) is 2.90. The molecule has 0 saturated heterocycles. The average molecular weight is 223 g/mol. The summed E-state index contributed by atoms with van der Waals surface area (Å²) in [6.07, 6.45) is 5.83. The van der Waals surface area contributed by atoms with Gasteiger partial charge >= 0.3 is 0 Å². The Bertz CT molecular complexity index is 326. The van der Waals surface area contributed by atoms with Gasteiger partial charge in [-0.05, 0) is 22.0 Å². The van der Waals surface area contributed by atoms with Crippen LogP contribution in [-0.4, -0.2) is 4.98 Å². The zero-order valence-corrected chi connectivity index (χ0v) is 7.95. The number of nitrogens with zero attached hydrogens (tertiary/aromatic N) is 2. The van der Waals surface area contributed by atoms with Crippen LogP contribution in [-0.2, 0) is 0 Å². The molecule has 1 aromatic heterocycles. The zero-order chi connectivity index (χ0) is 8.81. The lowest BCUT2D eigenvalue weighted by Gasteiger charge is -1.93.